The van der Waals surface area contributed by atoms with Crippen LogP contribution in [0, 0.1) is 0 Å². The van der Waals surface area contributed by atoms with Crippen LogP contribution in [0.1, 0.15) is 26.5 Å². The van der Waals surface area contributed by atoms with E-state index in [1.54, 1.807) is 7.11 Å². The molecule has 0 amide bonds. The summed E-state index contributed by atoms with van der Waals surface area (Å²) in [5, 5.41) is 9.25. The van der Waals surface area contributed by atoms with E-state index in [4.69, 9.17) is 21.4 Å². The molecule has 182 valence electrons. The van der Waals surface area contributed by atoms with Crippen molar-refractivity contribution in [2.24, 2.45) is 0 Å². The van der Waals surface area contributed by atoms with Crippen LogP contribution in [0.3, 0.4) is 0 Å². The quantitative estimate of drug-likeness (QED) is 0.464. The van der Waals surface area contributed by atoms with Gasteiger partial charge < -0.3 is 15.0 Å². The van der Waals surface area contributed by atoms with Gasteiger partial charge in [0, 0.05) is 56.5 Å². The predicted molar refractivity (Wildman–Crippen MR) is 141 cm³/mol. The summed E-state index contributed by atoms with van der Waals surface area (Å²) in [5.74, 6) is 0.904. The molecule has 1 aliphatic heterocycles. The van der Waals surface area contributed by atoms with E-state index in [-0.39, 0.29) is 5.54 Å². The number of hydrogen-bond acceptors (Lipinski definition) is 5. The van der Waals surface area contributed by atoms with Gasteiger partial charge in [-0.3, -0.25) is 9.58 Å². The maximum absolute atomic E-state index is 6.09. The Bertz CT molecular complexity index is 1050. The molecule has 6 nitrogen and oxygen atoms in total. The normalized spacial score (nSPS) is 15.0. The van der Waals surface area contributed by atoms with Crippen LogP contribution in [0.2, 0.25) is 5.02 Å². The van der Waals surface area contributed by atoms with Crippen LogP contribution in [0.5, 0.6) is 5.75 Å². The minimum atomic E-state index is -0.100. The van der Waals surface area contributed by atoms with Gasteiger partial charge in [0.05, 0.1) is 24.0 Å². The highest BCUT2D eigenvalue weighted by molar-refractivity contribution is 6.30. The number of halogens is 1. The van der Waals surface area contributed by atoms with E-state index in [1.807, 2.05) is 24.3 Å². The van der Waals surface area contributed by atoms with Crippen molar-refractivity contribution in [3.8, 4) is 17.0 Å². The van der Waals surface area contributed by atoms with Crippen molar-refractivity contribution in [2.45, 2.75) is 32.9 Å². The van der Waals surface area contributed by atoms with Gasteiger partial charge in [-0.15, -0.1) is 0 Å². The third-order valence-corrected chi connectivity index (χ3v) is 6.51. The van der Waals surface area contributed by atoms with Gasteiger partial charge in [0.2, 0.25) is 0 Å². The van der Waals surface area contributed by atoms with Crippen molar-refractivity contribution in [1.29, 1.82) is 0 Å². The zero-order valence-electron chi connectivity index (χ0n) is 20.7. The molecular weight excluding hydrogens is 446 g/mol. The first-order valence-electron chi connectivity index (χ1n) is 12.0. The molecule has 0 unspecified atom stereocenters. The fourth-order valence-electron chi connectivity index (χ4n) is 4.33. The number of ether oxygens (including phenoxy) is 1. The van der Waals surface area contributed by atoms with Gasteiger partial charge in [-0.1, -0.05) is 23.7 Å². The molecule has 4 rings (SSSR count). The molecule has 0 atom stereocenters. The topological polar surface area (TPSA) is 45.6 Å². The van der Waals surface area contributed by atoms with Crippen molar-refractivity contribution in [3.05, 3.63) is 65.3 Å². The van der Waals surface area contributed by atoms with E-state index in [0.29, 0.717) is 0 Å². The van der Waals surface area contributed by atoms with Crippen LogP contribution < -0.4 is 15.0 Å². The molecule has 7 heteroatoms. The molecule has 0 saturated carbocycles. The molecule has 2 aromatic carbocycles. The van der Waals surface area contributed by atoms with Gasteiger partial charge in [-0.2, -0.15) is 5.10 Å². The number of hydrogen-bond donors (Lipinski definition) is 1. The van der Waals surface area contributed by atoms with Crippen molar-refractivity contribution in [3.63, 3.8) is 0 Å². The molecule has 3 aromatic rings. The van der Waals surface area contributed by atoms with Gasteiger partial charge in [-0.25, -0.2) is 0 Å². The van der Waals surface area contributed by atoms with Gasteiger partial charge in [-0.05, 0) is 68.8 Å². The second-order valence-electron chi connectivity index (χ2n) is 9.81. The Kier molecular flexibility index (Phi) is 7.81. The van der Waals surface area contributed by atoms with E-state index in [1.165, 1.54) is 5.69 Å². The first-order valence-corrected chi connectivity index (χ1v) is 12.4. The molecule has 34 heavy (non-hydrogen) atoms. The molecule has 1 aromatic heterocycles. The summed E-state index contributed by atoms with van der Waals surface area (Å²) in [5.41, 5.74) is 4.48. The first kappa shape index (κ1) is 24.6. The fourth-order valence-corrected chi connectivity index (χ4v) is 4.46. The smallest absolute Gasteiger partial charge is 0.119 e. The van der Waals surface area contributed by atoms with E-state index in [9.17, 15) is 0 Å². The molecule has 1 aliphatic rings. The Morgan fingerprint density at radius 3 is 2.26 bits per heavy atom. The van der Waals surface area contributed by atoms with Crippen LogP contribution >= 0.6 is 11.6 Å². The first-order chi connectivity index (χ1) is 16.3. The molecule has 2 heterocycles. The lowest BCUT2D eigenvalue weighted by molar-refractivity contribution is 0.257. The highest BCUT2D eigenvalue weighted by Gasteiger charge is 2.21. The minimum absolute atomic E-state index is 0.100. The second kappa shape index (κ2) is 10.8. The van der Waals surface area contributed by atoms with Crippen LogP contribution in [0.25, 0.3) is 11.3 Å². The minimum Gasteiger partial charge on any atom is -0.497 e. The lowest BCUT2D eigenvalue weighted by Gasteiger charge is -2.36. The van der Waals surface area contributed by atoms with E-state index < -0.39 is 0 Å². The summed E-state index contributed by atoms with van der Waals surface area (Å²) in [6, 6.07) is 18.5. The van der Waals surface area contributed by atoms with Crippen molar-refractivity contribution in [1.82, 2.24) is 20.0 Å². The average Bonchev–Trinajstić information content (AvgIpc) is 3.28. The molecule has 1 N–H and O–H groups in total. The second-order valence-corrected chi connectivity index (χ2v) is 10.3. The van der Waals surface area contributed by atoms with Gasteiger partial charge in [0.1, 0.15) is 5.75 Å². The van der Waals surface area contributed by atoms with E-state index in [0.717, 1.165) is 73.5 Å². The number of methoxy groups -OCH3 is 1. The summed E-state index contributed by atoms with van der Waals surface area (Å²) in [6.45, 7) is 13.5. The van der Waals surface area contributed by atoms with Crippen LogP contribution in [0.4, 0.5) is 5.69 Å². The zero-order chi connectivity index (χ0) is 24.1. The maximum Gasteiger partial charge on any atom is 0.119 e. The molecular formula is C27H36ClN5O. The van der Waals surface area contributed by atoms with E-state index in [2.05, 4.69) is 70.9 Å². The number of aromatic nitrogens is 2. The summed E-state index contributed by atoms with van der Waals surface area (Å²) in [4.78, 5) is 4.97. The molecule has 0 bridgehead atoms. The standard InChI is InChI=1S/C27H36ClN5O/c1-27(2,3)33-26(21-5-7-22(28)8-6-21)19-23(30-33)20-29-13-14-31-15-17-32(18-16-31)24-9-11-25(34-4)12-10-24/h5-12,19,29H,13-18,20H2,1-4H3. The Labute approximate surface area is 208 Å². The lowest BCUT2D eigenvalue weighted by Crippen LogP contribution is -2.48. The Morgan fingerprint density at radius 1 is 0.971 bits per heavy atom. The van der Waals surface area contributed by atoms with Crippen molar-refractivity contribution < 1.29 is 4.74 Å². The number of nitrogens with one attached hydrogen (secondary N) is 1. The highest BCUT2D eigenvalue weighted by atomic mass is 35.5. The number of rotatable bonds is 8. The molecule has 0 aliphatic carbocycles. The maximum atomic E-state index is 6.09. The number of anilines is 1. The highest BCUT2D eigenvalue weighted by Crippen LogP contribution is 2.28. The van der Waals surface area contributed by atoms with Crippen molar-refractivity contribution in [2.75, 3.05) is 51.3 Å². The largest absolute Gasteiger partial charge is 0.497 e. The Balaban J connectivity index is 1.26. The fraction of sp³-hybridized carbons (Fsp3) is 0.444. The summed E-state index contributed by atoms with van der Waals surface area (Å²) < 4.78 is 7.38. The summed E-state index contributed by atoms with van der Waals surface area (Å²) in [7, 11) is 1.70. The van der Waals surface area contributed by atoms with Gasteiger partial charge >= 0.3 is 0 Å². The third-order valence-electron chi connectivity index (χ3n) is 6.26. The third kappa shape index (κ3) is 6.12. The molecule has 0 radical (unpaired) electrons. The summed E-state index contributed by atoms with van der Waals surface area (Å²) >= 11 is 6.09. The monoisotopic (exact) mass is 481 g/mol. The molecule has 0 spiro atoms. The van der Waals surface area contributed by atoms with E-state index >= 15 is 0 Å². The number of nitrogens with zero attached hydrogens (tertiary/aromatic N) is 4. The van der Waals surface area contributed by atoms with Crippen LogP contribution in [-0.2, 0) is 12.1 Å². The van der Waals surface area contributed by atoms with Gasteiger partial charge in [0.15, 0.2) is 0 Å². The number of piperazine rings is 1. The SMILES string of the molecule is COc1ccc(N2CCN(CCNCc3cc(-c4ccc(Cl)cc4)n(C(C)(C)C)n3)CC2)cc1. The Hall–Kier alpha value is -2.54. The van der Waals surface area contributed by atoms with Gasteiger partial charge in [0.25, 0.3) is 0 Å². The summed E-state index contributed by atoms with van der Waals surface area (Å²) in [6.07, 6.45) is 0. The zero-order valence-corrected chi connectivity index (χ0v) is 21.5. The molecule has 1 fully saturated rings. The van der Waals surface area contributed by atoms with Crippen LogP contribution in [-0.4, -0.2) is 61.1 Å². The lowest BCUT2D eigenvalue weighted by atomic mass is 10.1. The Morgan fingerprint density at radius 2 is 1.65 bits per heavy atom. The molecule has 1 saturated heterocycles. The van der Waals surface area contributed by atoms with Crippen molar-refractivity contribution >= 4 is 17.3 Å². The predicted octanol–water partition coefficient (Wildman–Crippen LogP) is 4.88. The number of benzene rings is 2. The average molecular weight is 482 g/mol. The van der Waals surface area contributed by atoms with Crippen LogP contribution in [0.15, 0.2) is 54.6 Å².